The van der Waals surface area contributed by atoms with Crippen molar-refractivity contribution in [2.24, 2.45) is 17.8 Å². The number of likely N-dealkylation sites (tertiary alicyclic amines) is 1. The number of hydrogen-bond acceptors (Lipinski definition) is 5. The molecule has 3 heterocycles. The molecule has 9 heteroatoms. The molecule has 0 aromatic rings. The predicted octanol–water partition coefficient (Wildman–Crippen LogP) is 1.65. The van der Waals surface area contributed by atoms with Crippen molar-refractivity contribution in [2.75, 3.05) is 19.7 Å². The fourth-order valence-corrected chi connectivity index (χ4v) is 6.52. The maximum Gasteiger partial charge on any atom is 0.310 e. The Kier molecular flexibility index (Phi) is 7.18. The Labute approximate surface area is 191 Å². The highest BCUT2D eigenvalue weighted by Crippen LogP contribution is 2.60. The minimum atomic E-state index is -1.22. The topological polar surface area (TPSA) is 107 Å². The van der Waals surface area contributed by atoms with E-state index in [1.807, 2.05) is 20.8 Å². The van der Waals surface area contributed by atoms with Crippen LogP contribution >= 0.6 is 15.9 Å². The van der Waals surface area contributed by atoms with Gasteiger partial charge in [-0.2, -0.15) is 0 Å². The van der Waals surface area contributed by atoms with E-state index in [0.29, 0.717) is 19.5 Å². The lowest BCUT2D eigenvalue weighted by atomic mass is 9.70. The standard InChI is InChI=1S/C22H33BrN2O6/c1-5-7-9-24(8-6-2)20(28)18-22-10-13(23)17(31-22)15(21(29)30)16(22)19(27)25(18)14(11-26)12(3)4/h6,12-18,26H,2,5,7-11H2,1,3-4H3,(H,29,30)/t13?,14-,15-,16+,17-,18-,22+/m0/s1. The predicted molar refractivity (Wildman–Crippen MR) is 118 cm³/mol. The van der Waals surface area contributed by atoms with Crippen LogP contribution in [0.4, 0.5) is 0 Å². The molecule has 2 amide bonds. The van der Waals surface area contributed by atoms with Crippen LogP contribution in [0.5, 0.6) is 0 Å². The number of aliphatic carboxylic acids is 1. The summed E-state index contributed by atoms with van der Waals surface area (Å²) in [6.45, 7) is 10.1. The van der Waals surface area contributed by atoms with Crippen LogP contribution in [0.25, 0.3) is 0 Å². The molecule has 0 aromatic heterocycles. The Balaban J connectivity index is 2.11. The van der Waals surface area contributed by atoms with E-state index in [-0.39, 0.29) is 23.3 Å². The first-order chi connectivity index (χ1) is 14.7. The molecule has 0 aromatic carbocycles. The smallest absolute Gasteiger partial charge is 0.310 e. The third kappa shape index (κ3) is 3.72. The van der Waals surface area contributed by atoms with Gasteiger partial charge in [0, 0.05) is 17.9 Å². The number of ether oxygens (including phenoxy) is 1. The number of carbonyl (C=O) groups is 3. The van der Waals surface area contributed by atoms with Crippen molar-refractivity contribution in [1.82, 2.24) is 9.80 Å². The summed E-state index contributed by atoms with van der Waals surface area (Å²) in [4.78, 5) is 42.6. The summed E-state index contributed by atoms with van der Waals surface area (Å²) in [5.74, 6) is -3.86. The first-order valence-electron chi connectivity index (χ1n) is 11.0. The summed E-state index contributed by atoms with van der Waals surface area (Å²) in [6, 6.07) is -1.58. The number of fused-ring (bicyclic) bond motifs is 1. The van der Waals surface area contributed by atoms with Crippen molar-refractivity contribution in [2.45, 2.75) is 68.6 Å². The molecule has 31 heavy (non-hydrogen) atoms. The summed E-state index contributed by atoms with van der Waals surface area (Å²) in [6.07, 6.45) is 3.05. The maximum atomic E-state index is 13.9. The third-order valence-electron chi connectivity index (χ3n) is 7.00. The molecule has 1 spiro atoms. The molecule has 7 atom stereocenters. The van der Waals surface area contributed by atoms with Crippen LogP contribution in [0.2, 0.25) is 0 Å². The number of aliphatic hydroxyl groups is 1. The normalized spacial score (nSPS) is 34.8. The van der Waals surface area contributed by atoms with E-state index >= 15 is 0 Å². The zero-order chi connectivity index (χ0) is 23.1. The van der Waals surface area contributed by atoms with Gasteiger partial charge in [-0.3, -0.25) is 14.4 Å². The van der Waals surface area contributed by atoms with Gasteiger partial charge in [0.15, 0.2) is 0 Å². The monoisotopic (exact) mass is 500 g/mol. The number of aliphatic hydroxyl groups excluding tert-OH is 1. The molecular formula is C22H33BrN2O6. The first-order valence-corrected chi connectivity index (χ1v) is 11.9. The molecule has 0 radical (unpaired) electrons. The van der Waals surface area contributed by atoms with E-state index in [1.165, 1.54) is 4.90 Å². The second kappa shape index (κ2) is 9.19. The molecule has 0 saturated carbocycles. The molecule has 3 aliphatic rings. The molecule has 0 aliphatic carbocycles. The van der Waals surface area contributed by atoms with E-state index in [9.17, 15) is 24.6 Å². The van der Waals surface area contributed by atoms with Gasteiger partial charge in [0.05, 0.1) is 30.6 Å². The summed E-state index contributed by atoms with van der Waals surface area (Å²) in [5, 5.41) is 20.0. The lowest BCUT2D eigenvalue weighted by Gasteiger charge is -2.40. The van der Waals surface area contributed by atoms with Gasteiger partial charge in [0.1, 0.15) is 11.6 Å². The molecule has 3 saturated heterocycles. The van der Waals surface area contributed by atoms with Crippen molar-refractivity contribution in [1.29, 1.82) is 0 Å². The lowest BCUT2D eigenvalue weighted by Crippen LogP contribution is -2.60. The number of carbonyl (C=O) groups excluding carboxylic acids is 2. The van der Waals surface area contributed by atoms with Gasteiger partial charge in [-0.15, -0.1) is 6.58 Å². The van der Waals surface area contributed by atoms with Crippen LogP contribution in [0.15, 0.2) is 12.7 Å². The van der Waals surface area contributed by atoms with E-state index < -0.39 is 47.5 Å². The number of rotatable bonds is 10. The molecule has 3 rings (SSSR count). The van der Waals surface area contributed by atoms with Gasteiger partial charge in [0.25, 0.3) is 0 Å². The van der Waals surface area contributed by atoms with E-state index in [2.05, 4.69) is 22.5 Å². The van der Waals surface area contributed by atoms with E-state index in [0.717, 1.165) is 12.8 Å². The molecule has 3 fully saturated rings. The molecule has 8 nitrogen and oxygen atoms in total. The summed E-state index contributed by atoms with van der Waals surface area (Å²) >= 11 is 3.54. The zero-order valence-electron chi connectivity index (χ0n) is 18.4. The van der Waals surface area contributed by atoms with E-state index in [4.69, 9.17) is 4.74 Å². The van der Waals surface area contributed by atoms with Crippen molar-refractivity contribution in [3.63, 3.8) is 0 Å². The second-order valence-corrected chi connectivity index (χ2v) is 10.3. The quantitative estimate of drug-likeness (QED) is 0.348. The number of hydrogen-bond donors (Lipinski definition) is 2. The highest BCUT2D eigenvalue weighted by atomic mass is 79.9. The Morgan fingerprint density at radius 2 is 2.13 bits per heavy atom. The van der Waals surface area contributed by atoms with Crippen molar-refractivity contribution < 1.29 is 29.3 Å². The SMILES string of the molecule is C=CCN(CCCC)C(=O)[C@@H]1N([C@@H](CO)C(C)C)C(=O)[C@H]2[C@H](C(=O)O)[C@H]3O[C@@]12CC3Br. The highest BCUT2D eigenvalue weighted by molar-refractivity contribution is 9.09. The average Bonchev–Trinajstić information content (AvgIpc) is 3.29. The number of carboxylic acids is 1. The van der Waals surface area contributed by atoms with Crippen LogP contribution in [-0.2, 0) is 19.1 Å². The Morgan fingerprint density at radius 1 is 1.45 bits per heavy atom. The fourth-order valence-electron chi connectivity index (χ4n) is 5.58. The number of carboxylic acid groups (broad SMARTS) is 1. The number of amides is 2. The minimum Gasteiger partial charge on any atom is -0.481 e. The second-order valence-electron chi connectivity index (χ2n) is 9.17. The van der Waals surface area contributed by atoms with Gasteiger partial charge < -0.3 is 24.7 Å². The van der Waals surface area contributed by atoms with Crippen LogP contribution < -0.4 is 0 Å². The first kappa shape index (κ1) is 24.2. The largest absolute Gasteiger partial charge is 0.481 e. The Hall–Kier alpha value is -1.45. The van der Waals surface area contributed by atoms with Crippen molar-refractivity contribution >= 4 is 33.7 Å². The molecule has 3 aliphatic heterocycles. The summed E-state index contributed by atoms with van der Waals surface area (Å²) in [7, 11) is 0. The van der Waals surface area contributed by atoms with Gasteiger partial charge in [-0.1, -0.05) is 49.2 Å². The number of alkyl halides is 1. The maximum absolute atomic E-state index is 13.9. The number of unbranched alkanes of at least 4 members (excludes halogenated alkanes) is 1. The molecule has 2 bridgehead atoms. The summed E-state index contributed by atoms with van der Waals surface area (Å²) in [5.41, 5.74) is -1.22. The number of halogens is 1. The molecular weight excluding hydrogens is 468 g/mol. The van der Waals surface area contributed by atoms with Gasteiger partial charge >= 0.3 is 5.97 Å². The fraction of sp³-hybridized carbons (Fsp3) is 0.773. The molecule has 1 unspecified atom stereocenters. The third-order valence-corrected chi connectivity index (χ3v) is 7.85. The van der Waals surface area contributed by atoms with Crippen LogP contribution in [0, 0.1) is 17.8 Å². The van der Waals surface area contributed by atoms with Crippen LogP contribution in [0.1, 0.15) is 40.0 Å². The summed E-state index contributed by atoms with van der Waals surface area (Å²) < 4.78 is 6.27. The van der Waals surface area contributed by atoms with Crippen LogP contribution in [0.3, 0.4) is 0 Å². The van der Waals surface area contributed by atoms with Crippen LogP contribution in [-0.4, -0.2) is 86.1 Å². The minimum absolute atomic E-state index is 0.122. The van der Waals surface area contributed by atoms with Crippen molar-refractivity contribution in [3.05, 3.63) is 12.7 Å². The molecule has 2 N–H and O–H groups in total. The zero-order valence-corrected chi connectivity index (χ0v) is 20.0. The van der Waals surface area contributed by atoms with Crippen molar-refractivity contribution in [3.8, 4) is 0 Å². The van der Waals surface area contributed by atoms with Gasteiger partial charge in [0.2, 0.25) is 11.8 Å². The van der Waals surface area contributed by atoms with Gasteiger partial charge in [-0.05, 0) is 18.8 Å². The average molecular weight is 501 g/mol. The number of nitrogens with zero attached hydrogens (tertiary/aromatic N) is 2. The Morgan fingerprint density at radius 3 is 2.65 bits per heavy atom. The lowest BCUT2D eigenvalue weighted by molar-refractivity contribution is -0.154. The van der Waals surface area contributed by atoms with Gasteiger partial charge in [-0.25, -0.2) is 0 Å². The van der Waals surface area contributed by atoms with E-state index in [1.54, 1.807) is 11.0 Å². The Bertz CT molecular complexity index is 746. The molecule has 174 valence electrons. The highest BCUT2D eigenvalue weighted by Gasteiger charge is 2.77.